The van der Waals surface area contributed by atoms with Crippen LogP contribution < -0.4 is 10.5 Å². The Bertz CT molecular complexity index is 1050. The van der Waals surface area contributed by atoms with E-state index in [0.717, 1.165) is 39.3 Å². The van der Waals surface area contributed by atoms with E-state index in [9.17, 15) is 0 Å². The second-order valence-electron chi connectivity index (χ2n) is 5.98. The summed E-state index contributed by atoms with van der Waals surface area (Å²) in [4.78, 5) is 13.6. The van der Waals surface area contributed by atoms with E-state index >= 15 is 0 Å². The summed E-state index contributed by atoms with van der Waals surface area (Å²) in [7, 11) is 1.65. The molecule has 2 aromatic heterocycles. The third kappa shape index (κ3) is 3.19. The third-order valence-corrected chi connectivity index (χ3v) is 4.23. The number of nitrogens with two attached hydrogens (primary N) is 1. The van der Waals surface area contributed by atoms with Crippen LogP contribution in [-0.4, -0.2) is 22.1 Å². The Labute approximate surface area is 151 Å². The Morgan fingerprint density at radius 2 is 1.62 bits per heavy atom. The molecule has 0 saturated heterocycles. The Morgan fingerprint density at radius 1 is 0.846 bits per heavy atom. The van der Waals surface area contributed by atoms with Crippen LogP contribution in [0.2, 0.25) is 0 Å². The van der Waals surface area contributed by atoms with Gasteiger partial charge >= 0.3 is 0 Å². The topological polar surface area (TPSA) is 73.9 Å². The molecular weight excluding hydrogens is 324 g/mol. The minimum Gasteiger partial charge on any atom is -0.497 e. The molecule has 0 aliphatic rings. The number of methoxy groups -OCH3 is 1. The highest BCUT2D eigenvalue weighted by Crippen LogP contribution is 2.25. The highest BCUT2D eigenvalue weighted by Gasteiger charge is 2.11. The van der Waals surface area contributed by atoms with E-state index in [-0.39, 0.29) is 5.95 Å². The van der Waals surface area contributed by atoms with E-state index in [4.69, 9.17) is 15.5 Å². The number of benzene rings is 2. The van der Waals surface area contributed by atoms with Crippen molar-refractivity contribution in [2.24, 2.45) is 0 Å². The van der Waals surface area contributed by atoms with Gasteiger partial charge in [-0.1, -0.05) is 30.3 Å². The van der Waals surface area contributed by atoms with Crippen LogP contribution in [-0.2, 0) is 6.42 Å². The maximum atomic E-state index is 5.90. The number of ether oxygens (including phenoxy) is 1. The molecule has 2 aromatic carbocycles. The lowest BCUT2D eigenvalue weighted by atomic mass is 10.1. The second kappa shape index (κ2) is 6.80. The lowest BCUT2D eigenvalue weighted by molar-refractivity contribution is 0.415. The fourth-order valence-corrected chi connectivity index (χ4v) is 2.93. The Balaban J connectivity index is 1.80. The van der Waals surface area contributed by atoms with Crippen LogP contribution in [0.1, 0.15) is 11.3 Å². The number of anilines is 1. The summed E-state index contributed by atoms with van der Waals surface area (Å²) in [6.07, 6.45) is 0.656. The Hall–Kier alpha value is -3.47. The first-order valence-electron chi connectivity index (χ1n) is 8.34. The molecule has 2 N–H and O–H groups in total. The van der Waals surface area contributed by atoms with Crippen molar-refractivity contribution in [1.29, 1.82) is 0 Å². The van der Waals surface area contributed by atoms with Gasteiger partial charge in [-0.3, -0.25) is 0 Å². The average molecular weight is 342 g/mol. The Kier molecular flexibility index (Phi) is 4.19. The van der Waals surface area contributed by atoms with Crippen molar-refractivity contribution in [2.75, 3.05) is 12.8 Å². The van der Waals surface area contributed by atoms with Crippen LogP contribution in [0.4, 0.5) is 5.95 Å². The largest absolute Gasteiger partial charge is 0.497 e. The van der Waals surface area contributed by atoms with Crippen LogP contribution >= 0.6 is 0 Å². The van der Waals surface area contributed by atoms with Crippen molar-refractivity contribution in [3.63, 3.8) is 0 Å². The number of nitrogens with zero attached hydrogens (tertiary/aromatic N) is 3. The van der Waals surface area contributed by atoms with E-state index in [1.165, 1.54) is 0 Å². The molecule has 0 atom stereocenters. The first-order valence-corrected chi connectivity index (χ1v) is 8.34. The van der Waals surface area contributed by atoms with Crippen molar-refractivity contribution >= 4 is 17.0 Å². The number of pyridine rings is 1. The smallest absolute Gasteiger partial charge is 0.220 e. The van der Waals surface area contributed by atoms with Gasteiger partial charge in [-0.15, -0.1) is 0 Å². The van der Waals surface area contributed by atoms with E-state index in [1.54, 1.807) is 7.11 Å². The summed E-state index contributed by atoms with van der Waals surface area (Å²) in [5.74, 6) is 1.08. The number of rotatable bonds is 4. The quantitative estimate of drug-likeness (QED) is 0.609. The first kappa shape index (κ1) is 16.0. The zero-order valence-electron chi connectivity index (χ0n) is 14.4. The number of hydrogen-bond donors (Lipinski definition) is 1. The predicted molar refractivity (Wildman–Crippen MR) is 103 cm³/mol. The van der Waals surface area contributed by atoms with Crippen LogP contribution in [0.25, 0.3) is 22.3 Å². The predicted octanol–water partition coefficient (Wildman–Crippen LogP) is 3.87. The molecule has 0 saturated carbocycles. The lowest BCUT2D eigenvalue weighted by Gasteiger charge is -2.09. The molecule has 5 nitrogen and oxygen atoms in total. The molecule has 4 rings (SSSR count). The molecule has 0 unspecified atom stereocenters. The Morgan fingerprint density at radius 3 is 2.35 bits per heavy atom. The normalized spacial score (nSPS) is 10.8. The SMILES string of the molecule is COc1ccc(-c2ccc3nc(N)nc(Cc4ccccc4)c3n2)cc1. The van der Waals surface area contributed by atoms with Crippen molar-refractivity contribution in [3.8, 4) is 17.0 Å². The number of fused-ring (bicyclic) bond motifs is 1. The molecule has 2 heterocycles. The maximum Gasteiger partial charge on any atom is 0.220 e. The summed E-state index contributed by atoms with van der Waals surface area (Å²) < 4.78 is 5.22. The highest BCUT2D eigenvalue weighted by atomic mass is 16.5. The van der Waals surface area contributed by atoms with Crippen molar-refractivity contribution in [2.45, 2.75) is 6.42 Å². The molecule has 5 heteroatoms. The molecule has 0 spiro atoms. The van der Waals surface area contributed by atoms with Gasteiger partial charge in [-0.2, -0.15) is 0 Å². The van der Waals surface area contributed by atoms with E-state index < -0.39 is 0 Å². The fraction of sp³-hybridized carbons (Fsp3) is 0.0952. The summed E-state index contributed by atoms with van der Waals surface area (Å²) in [5.41, 5.74) is 11.3. The summed E-state index contributed by atoms with van der Waals surface area (Å²) in [6, 6.07) is 21.9. The fourth-order valence-electron chi connectivity index (χ4n) is 2.93. The van der Waals surface area contributed by atoms with E-state index in [2.05, 4.69) is 22.1 Å². The van der Waals surface area contributed by atoms with Gasteiger partial charge in [-0.25, -0.2) is 15.0 Å². The number of nitrogen functional groups attached to an aromatic ring is 1. The standard InChI is InChI=1S/C21H18N4O/c1-26-16-9-7-15(8-10-16)17-11-12-18-20(23-17)19(25-21(22)24-18)13-14-5-3-2-4-6-14/h2-12H,13H2,1H3,(H2,22,24,25). The maximum absolute atomic E-state index is 5.90. The number of hydrogen-bond acceptors (Lipinski definition) is 5. The molecule has 4 aromatic rings. The van der Waals surface area contributed by atoms with Crippen molar-refractivity contribution in [3.05, 3.63) is 78.0 Å². The minimum absolute atomic E-state index is 0.266. The number of aromatic nitrogens is 3. The van der Waals surface area contributed by atoms with Gasteiger partial charge < -0.3 is 10.5 Å². The molecule has 0 fully saturated rings. The first-order chi connectivity index (χ1) is 12.7. The monoisotopic (exact) mass is 342 g/mol. The van der Waals surface area contributed by atoms with Gasteiger partial charge in [-0.05, 0) is 42.0 Å². The van der Waals surface area contributed by atoms with E-state index in [0.29, 0.717) is 6.42 Å². The third-order valence-electron chi connectivity index (χ3n) is 4.23. The average Bonchev–Trinajstić information content (AvgIpc) is 2.68. The molecule has 0 aliphatic heterocycles. The van der Waals surface area contributed by atoms with Crippen molar-refractivity contribution in [1.82, 2.24) is 15.0 Å². The van der Waals surface area contributed by atoms with Crippen LogP contribution in [0, 0.1) is 0 Å². The zero-order valence-corrected chi connectivity index (χ0v) is 14.4. The van der Waals surface area contributed by atoms with Crippen molar-refractivity contribution < 1.29 is 4.74 Å². The minimum atomic E-state index is 0.266. The highest BCUT2D eigenvalue weighted by molar-refractivity contribution is 5.81. The van der Waals surface area contributed by atoms with Crippen LogP contribution in [0.5, 0.6) is 5.75 Å². The molecule has 0 bridgehead atoms. The summed E-state index contributed by atoms with van der Waals surface area (Å²) in [6.45, 7) is 0. The van der Waals surface area contributed by atoms with Gasteiger partial charge in [0.15, 0.2) is 0 Å². The molecule has 0 aliphatic carbocycles. The van der Waals surface area contributed by atoms with Crippen LogP contribution in [0.3, 0.4) is 0 Å². The molecule has 0 amide bonds. The summed E-state index contributed by atoms with van der Waals surface area (Å²) >= 11 is 0. The van der Waals surface area contributed by atoms with Gasteiger partial charge in [0.2, 0.25) is 5.95 Å². The second-order valence-corrected chi connectivity index (χ2v) is 5.98. The lowest BCUT2D eigenvalue weighted by Crippen LogP contribution is -2.03. The molecule has 128 valence electrons. The zero-order chi connectivity index (χ0) is 17.9. The van der Waals surface area contributed by atoms with Gasteiger partial charge in [0.1, 0.15) is 11.3 Å². The summed E-state index contributed by atoms with van der Waals surface area (Å²) in [5, 5.41) is 0. The van der Waals surface area contributed by atoms with Crippen LogP contribution in [0.15, 0.2) is 66.7 Å². The van der Waals surface area contributed by atoms with Gasteiger partial charge in [0.05, 0.1) is 24.0 Å². The van der Waals surface area contributed by atoms with Gasteiger partial charge in [0.25, 0.3) is 0 Å². The molecular formula is C21H18N4O. The van der Waals surface area contributed by atoms with E-state index in [1.807, 2.05) is 54.6 Å². The molecule has 26 heavy (non-hydrogen) atoms. The van der Waals surface area contributed by atoms with Gasteiger partial charge in [0, 0.05) is 12.0 Å². The molecule has 0 radical (unpaired) electrons.